The van der Waals surface area contributed by atoms with Gasteiger partial charge in [0.25, 0.3) is 0 Å². The van der Waals surface area contributed by atoms with Crippen LogP contribution in [0.4, 0.5) is 10.8 Å². The maximum atomic E-state index is 12.0. The van der Waals surface area contributed by atoms with Gasteiger partial charge < -0.3 is 15.4 Å². The standard InChI is InChI=1S/C16H22N4O2S2/c1-10(2)9-17-14(21)11(3)23-16-20-19-15(24-16)18-12-7-5-6-8-13(12)22-4/h5-8,10-11H,9H2,1-4H3,(H,17,21)(H,18,19). The summed E-state index contributed by atoms with van der Waals surface area (Å²) in [6.07, 6.45) is 0. The lowest BCUT2D eigenvalue weighted by Crippen LogP contribution is -2.33. The van der Waals surface area contributed by atoms with Crippen LogP contribution in [0.25, 0.3) is 0 Å². The summed E-state index contributed by atoms with van der Waals surface area (Å²) < 4.78 is 6.05. The third-order valence-electron chi connectivity index (χ3n) is 3.09. The molecule has 2 rings (SSSR count). The van der Waals surface area contributed by atoms with E-state index in [9.17, 15) is 4.79 Å². The summed E-state index contributed by atoms with van der Waals surface area (Å²) in [6.45, 7) is 6.69. The normalized spacial score (nSPS) is 12.0. The van der Waals surface area contributed by atoms with E-state index in [1.54, 1.807) is 7.11 Å². The first-order valence-electron chi connectivity index (χ1n) is 7.67. The van der Waals surface area contributed by atoms with Crippen LogP contribution in [-0.2, 0) is 4.79 Å². The summed E-state index contributed by atoms with van der Waals surface area (Å²) in [6, 6.07) is 7.61. The third-order valence-corrected chi connectivity index (χ3v) is 5.11. The molecule has 0 saturated carbocycles. The molecule has 0 aliphatic heterocycles. The third kappa shape index (κ3) is 5.38. The predicted octanol–water partition coefficient (Wildman–Crippen LogP) is 3.54. The number of carbonyl (C=O) groups excluding carboxylic acids is 1. The van der Waals surface area contributed by atoms with E-state index >= 15 is 0 Å². The van der Waals surface area contributed by atoms with Crippen LogP contribution in [0.1, 0.15) is 20.8 Å². The lowest BCUT2D eigenvalue weighted by Gasteiger charge is -2.11. The lowest BCUT2D eigenvalue weighted by molar-refractivity contribution is -0.120. The Morgan fingerprint density at radius 3 is 2.75 bits per heavy atom. The SMILES string of the molecule is COc1ccccc1Nc1nnc(SC(C)C(=O)NCC(C)C)s1. The first-order valence-corrected chi connectivity index (χ1v) is 9.37. The average Bonchev–Trinajstić information content (AvgIpc) is 3.00. The fourth-order valence-corrected chi connectivity index (χ4v) is 3.76. The number of hydrogen-bond donors (Lipinski definition) is 2. The van der Waals surface area contributed by atoms with Crippen molar-refractivity contribution < 1.29 is 9.53 Å². The Morgan fingerprint density at radius 1 is 1.29 bits per heavy atom. The van der Waals surface area contributed by atoms with E-state index in [1.807, 2.05) is 31.2 Å². The largest absolute Gasteiger partial charge is 0.495 e. The number of nitrogens with one attached hydrogen (secondary N) is 2. The Labute approximate surface area is 150 Å². The van der Waals surface area contributed by atoms with Gasteiger partial charge in [0.05, 0.1) is 18.0 Å². The van der Waals surface area contributed by atoms with E-state index in [4.69, 9.17) is 4.74 Å². The number of thioether (sulfide) groups is 1. The summed E-state index contributed by atoms with van der Waals surface area (Å²) in [5, 5.41) is 14.8. The zero-order valence-corrected chi connectivity index (χ0v) is 15.8. The van der Waals surface area contributed by atoms with Crippen LogP contribution in [0.15, 0.2) is 28.6 Å². The zero-order valence-electron chi connectivity index (χ0n) is 14.2. The summed E-state index contributed by atoms with van der Waals surface area (Å²) in [5.41, 5.74) is 0.829. The lowest BCUT2D eigenvalue weighted by atomic mass is 10.2. The number of anilines is 2. The second-order valence-corrected chi connectivity index (χ2v) is 8.16. The number of para-hydroxylation sites is 2. The Bertz CT molecular complexity index is 676. The number of methoxy groups -OCH3 is 1. The number of amides is 1. The van der Waals surface area contributed by atoms with Crippen LogP contribution in [0.3, 0.4) is 0 Å². The van der Waals surface area contributed by atoms with Crippen LogP contribution < -0.4 is 15.4 Å². The molecule has 1 aromatic heterocycles. The summed E-state index contributed by atoms with van der Waals surface area (Å²) >= 11 is 2.82. The van der Waals surface area contributed by atoms with Gasteiger partial charge in [0.2, 0.25) is 11.0 Å². The quantitative estimate of drug-likeness (QED) is 0.696. The molecule has 2 aromatic rings. The molecule has 24 heavy (non-hydrogen) atoms. The van der Waals surface area contributed by atoms with Gasteiger partial charge in [-0.3, -0.25) is 4.79 Å². The highest BCUT2D eigenvalue weighted by atomic mass is 32.2. The van der Waals surface area contributed by atoms with Crippen LogP contribution in [-0.4, -0.2) is 35.0 Å². The second kappa shape index (κ2) is 8.89. The van der Waals surface area contributed by atoms with E-state index in [2.05, 4.69) is 34.7 Å². The van der Waals surface area contributed by atoms with Gasteiger partial charge in [-0.1, -0.05) is 49.1 Å². The summed E-state index contributed by atoms with van der Waals surface area (Å²) in [7, 11) is 1.62. The van der Waals surface area contributed by atoms with E-state index in [1.165, 1.54) is 23.1 Å². The molecule has 1 heterocycles. The molecule has 1 unspecified atom stereocenters. The first kappa shape index (κ1) is 18.5. The minimum absolute atomic E-state index is 0.0168. The van der Waals surface area contributed by atoms with E-state index in [0.717, 1.165) is 15.8 Å². The molecule has 8 heteroatoms. The van der Waals surface area contributed by atoms with Crippen LogP contribution in [0, 0.1) is 5.92 Å². The van der Waals surface area contributed by atoms with Gasteiger partial charge >= 0.3 is 0 Å². The minimum Gasteiger partial charge on any atom is -0.495 e. The highest BCUT2D eigenvalue weighted by molar-refractivity contribution is 8.02. The van der Waals surface area contributed by atoms with Crippen LogP contribution >= 0.6 is 23.1 Å². The Balaban J connectivity index is 1.94. The number of aromatic nitrogens is 2. The van der Waals surface area contributed by atoms with Gasteiger partial charge in [-0.2, -0.15) is 0 Å². The molecule has 130 valence electrons. The topological polar surface area (TPSA) is 76.1 Å². The fraction of sp³-hybridized carbons (Fsp3) is 0.438. The molecule has 1 amide bonds. The van der Waals surface area contributed by atoms with E-state index in [0.29, 0.717) is 17.6 Å². The molecule has 1 atom stereocenters. The van der Waals surface area contributed by atoms with Crippen molar-refractivity contribution in [3.8, 4) is 5.75 Å². The Morgan fingerprint density at radius 2 is 2.04 bits per heavy atom. The Hall–Kier alpha value is -1.80. The smallest absolute Gasteiger partial charge is 0.233 e. The highest BCUT2D eigenvalue weighted by Crippen LogP contribution is 2.32. The van der Waals surface area contributed by atoms with Crippen LogP contribution in [0.2, 0.25) is 0 Å². The molecule has 0 fully saturated rings. The number of benzene rings is 1. The van der Waals surface area contributed by atoms with Crippen molar-refractivity contribution in [3.63, 3.8) is 0 Å². The molecule has 0 spiro atoms. The van der Waals surface area contributed by atoms with Crippen molar-refractivity contribution in [2.24, 2.45) is 5.92 Å². The first-order chi connectivity index (χ1) is 11.5. The Kier molecular flexibility index (Phi) is 6.86. The summed E-state index contributed by atoms with van der Waals surface area (Å²) in [4.78, 5) is 12.0. The maximum absolute atomic E-state index is 12.0. The van der Waals surface area contributed by atoms with Gasteiger partial charge in [0.1, 0.15) is 5.75 Å². The molecule has 1 aromatic carbocycles. The molecule has 2 N–H and O–H groups in total. The van der Waals surface area contributed by atoms with Crippen molar-refractivity contribution in [2.45, 2.75) is 30.4 Å². The number of hydrogen-bond acceptors (Lipinski definition) is 7. The van der Waals surface area contributed by atoms with Crippen molar-refractivity contribution >= 4 is 39.8 Å². The number of ether oxygens (including phenoxy) is 1. The zero-order chi connectivity index (χ0) is 17.5. The number of carbonyl (C=O) groups is 1. The van der Waals surface area contributed by atoms with Crippen molar-refractivity contribution in [1.82, 2.24) is 15.5 Å². The molecule has 0 aliphatic carbocycles. The fourth-order valence-electron chi connectivity index (χ4n) is 1.82. The number of rotatable bonds is 8. The van der Waals surface area contributed by atoms with E-state index < -0.39 is 0 Å². The minimum atomic E-state index is -0.212. The van der Waals surface area contributed by atoms with Gasteiger partial charge in [0, 0.05) is 6.54 Å². The van der Waals surface area contributed by atoms with Crippen molar-refractivity contribution in [3.05, 3.63) is 24.3 Å². The predicted molar refractivity (Wildman–Crippen MR) is 99.4 cm³/mol. The molecule has 0 bridgehead atoms. The van der Waals surface area contributed by atoms with Crippen molar-refractivity contribution in [1.29, 1.82) is 0 Å². The van der Waals surface area contributed by atoms with Gasteiger partial charge in [-0.15, -0.1) is 10.2 Å². The highest BCUT2D eigenvalue weighted by Gasteiger charge is 2.17. The van der Waals surface area contributed by atoms with Crippen LogP contribution in [0.5, 0.6) is 5.75 Å². The molecular formula is C16H22N4O2S2. The summed E-state index contributed by atoms with van der Waals surface area (Å²) in [5.74, 6) is 1.19. The number of nitrogens with zero attached hydrogens (tertiary/aromatic N) is 2. The van der Waals surface area contributed by atoms with Gasteiger partial charge in [0.15, 0.2) is 4.34 Å². The average molecular weight is 367 g/mol. The molecule has 0 aliphatic rings. The molecule has 6 nitrogen and oxygen atoms in total. The molecular weight excluding hydrogens is 344 g/mol. The van der Waals surface area contributed by atoms with Crippen molar-refractivity contribution in [2.75, 3.05) is 19.0 Å². The maximum Gasteiger partial charge on any atom is 0.233 e. The molecule has 0 saturated heterocycles. The van der Waals surface area contributed by atoms with Gasteiger partial charge in [-0.25, -0.2) is 0 Å². The second-order valence-electron chi connectivity index (χ2n) is 5.60. The monoisotopic (exact) mass is 366 g/mol. The molecule has 0 radical (unpaired) electrons. The van der Waals surface area contributed by atoms with E-state index in [-0.39, 0.29) is 11.2 Å². The van der Waals surface area contributed by atoms with Gasteiger partial charge in [-0.05, 0) is 25.0 Å².